The van der Waals surface area contributed by atoms with Gasteiger partial charge in [0.25, 0.3) is 0 Å². The molecule has 0 unspecified atom stereocenters. The Labute approximate surface area is 187 Å². The lowest BCUT2D eigenvalue weighted by atomic mass is 10.2. The number of halogens is 2. The summed E-state index contributed by atoms with van der Waals surface area (Å²) in [6, 6.07) is 18.7. The molecule has 4 nitrogen and oxygen atoms in total. The van der Waals surface area contributed by atoms with Crippen molar-refractivity contribution < 1.29 is 14.2 Å². The monoisotopic (exact) mass is 443 g/mol. The molecule has 30 heavy (non-hydrogen) atoms. The van der Waals surface area contributed by atoms with Gasteiger partial charge < -0.3 is 14.2 Å². The van der Waals surface area contributed by atoms with Gasteiger partial charge in [-0.3, -0.25) is 4.99 Å². The molecule has 0 radical (unpaired) electrons. The minimum Gasteiger partial charge on any atom is -0.494 e. The van der Waals surface area contributed by atoms with Crippen molar-refractivity contribution in [3.8, 4) is 17.2 Å². The van der Waals surface area contributed by atoms with E-state index in [2.05, 4.69) is 4.99 Å². The first-order valence-electron chi connectivity index (χ1n) is 9.69. The van der Waals surface area contributed by atoms with Gasteiger partial charge in [0.05, 0.1) is 23.9 Å². The first kappa shape index (κ1) is 22.0. The highest BCUT2D eigenvalue weighted by atomic mass is 35.5. The Morgan fingerprint density at radius 2 is 1.63 bits per heavy atom. The predicted molar refractivity (Wildman–Crippen MR) is 123 cm³/mol. The molecule has 0 aliphatic carbocycles. The lowest BCUT2D eigenvalue weighted by Crippen LogP contribution is -2.01. The van der Waals surface area contributed by atoms with E-state index in [1.807, 2.05) is 68.4 Å². The lowest BCUT2D eigenvalue weighted by Gasteiger charge is -2.14. The summed E-state index contributed by atoms with van der Waals surface area (Å²) >= 11 is 12.5. The van der Waals surface area contributed by atoms with Crippen LogP contribution in [-0.2, 0) is 6.61 Å². The van der Waals surface area contributed by atoms with Crippen molar-refractivity contribution >= 4 is 35.1 Å². The van der Waals surface area contributed by atoms with Crippen LogP contribution in [-0.4, -0.2) is 19.4 Å². The lowest BCUT2D eigenvalue weighted by molar-refractivity contribution is 0.269. The molecule has 0 amide bonds. The van der Waals surface area contributed by atoms with Gasteiger partial charge in [-0.2, -0.15) is 0 Å². The van der Waals surface area contributed by atoms with Gasteiger partial charge in [0.15, 0.2) is 11.5 Å². The number of benzene rings is 3. The van der Waals surface area contributed by atoms with Crippen LogP contribution in [0.5, 0.6) is 17.2 Å². The Morgan fingerprint density at radius 3 is 2.33 bits per heavy atom. The van der Waals surface area contributed by atoms with Crippen molar-refractivity contribution in [3.05, 3.63) is 81.8 Å². The molecule has 3 aromatic rings. The highest BCUT2D eigenvalue weighted by Crippen LogP contribution is 2.37. The third-order valence-corrected chi connectivity index (χ3v) is 4.63. The van der Waals surface area contributed by atoms with Gasteiger partial charge in [-0.25, -0.2) is 0 Å². The van der Waals surface area contributed by atoms with E-state index in [1.165, 1.54) is 0 Å². The van der Waals surface area contributed by atoms with E-state index in [9.17, 15) is 0 Å². The van der Waals surface area contributed by atoms with E-state index < -0.39 is 0 Å². The third kappa shape index (κ3) is 6.15. The number of aliphatic imine (C=N–C) groups is 1. The second-order valence-electron chi connectivity index (χ2n) is 6.37. The number of hydrogen-bond donors (Lipinski definition) is 0. The smallest absolute Gasteiger partial charge is 0.180 e. The highest BCUT2D eigenvalue weighted by Gasteiger charge is 2.12. The molecule has 0 spiro atoms. The maximum absolute atomic E-state index is 6.50. The van der Waals surface area contributed by atoms with Gasteiger partial charge in [0, 0.05) is 11.2 Å². The molecule has 0 aliphatic heterocycles. The van der Waals surface area contributed by atoms with Gasteiger partial charge in [-0.1, -0.05) is 35.3 Å². The van der Waals surface area contributed by atoms with Crippen LogP contribution < -0.4 is 14.2 Å². The molecule has 6 heteroatoms. The molecule has 0 N–H and O–H groups in total. The van der Waals surface area contributed by atoms with E-state index >= 15 is 0 Å². The molecule has 3 aromatic carbocycles. The van der Waals surface area contributed by atoms with Crippen molar-refractivity contribution in [1.82, 2.24) is 0 Å². The van der Waals surface area contributed by atoms with Gasteiger partial charge >= 0.3 is 0 Å². The number of rotatable bonds is 9. The first-order valence-corrected chi connectivity index (χ1v) is 10.4. The van der Waals surface area contributed by atoms with E-state index in [0.29, 0.717) is 41.4 Å². The summed E-state index contributed by atoms with van der Waals surface area (Å²) in [5, 5.41) is 1.11. The Hall–Kier alpha value is -2.69. The summed E-state index contributed by atoms with van der Waals surface area (Å²) in [5.41, 5.74) is 2.57. The average molecular weight is 444 g/mol. The molecule has 0 atom stereocenters. The fraction of sp³-hybridized carbons (Fsp3) is 0.208. The molecule has 0 fully saturated rings. The Kier molecular flexibility index (Phi) is 8.00. The summed E-state index contributed by atoms with van der Waals surface area (Å²) in [7, 11) is 0. The van der Waals surface area contributed by atoms with Crippen LogP contribution in [0, 0.1) is 0 Å². The zero-order valence-electron chi connectivity index (χ0n) is 16.9. The van der Waals surface area contributed by atoms with Crippen LogP contribution >= 0.6 is 23.2 Å². The summed E-state index contributed by atoms with van der Waals surface area (Å²) in [4.78, 5) is 4.50. The molecule has 3 rings (SSSR count). The Morgan fingerprint density at radius 1 is 0.867 bits per heavy atom. The average Bonchev–Trinajstić information content (AvgIpc) is 2.73. The van der Waals surface area contributed by atoms with Gasteiger partial charge in [-0.15, -0.1) is 0 Å². The third-order valence-electron chi connectivity index (χ3n) is 4.11. The molecule has 0 aromatic heterocycles. The maximum Gasteiger partial charge on any atom is 0.180 e. The second kappa shape index (κ2) is 10.9. The first-order chi connectivity index (χ1) is 14.6. The minimum absolute atomic E-state index is 0.333. The SMILES string of the molecule is CCOc1ccc(N=Cc2cc(Cl)c(OCc3cccc(Cl)c3)c(OCC)c2)cc1. The zero-order valence-corrected chi connectivity index (χ0v) is 18.4. The van der Waals surface area contributed by atoms with Crippen LogP contribution in [0.1, 0.15) is 25.0 Å². The molecule has 156 valence electrons. The largest absolute Gasteiger partial charge is 0.494 e. The number of nitrogens with zero attached hydrogens (tertiary/aromatic N) is 1. The minimum atomic E-state index is 0.333. The normalized spacial score (nSPS) is 10.9. The van der Waals surface area contributed by atoms with Crippen LogP contribution in [0.15, 0.2) is 65.7 Å². The van der Waals surface area contributed by atoms with Crippen LogP contribution in [0.25, 0.3) is 0 Å². The number of hydrogen-bond acceptors (Lipinski definition) is 4. The summed E-state index contributed by atoms with van der Waals surface area (Å²) in [6.07, 6.45) is 1.74. The van der Waals surface area contributed by atoms with Crippen LogP contribution in [0.2, 0.25) is 10.0 Å². The van der Waals surface area contributed by atoms with Crippen LogP contribution in [0.3, 0.4) is 0 Å². The second-order valence-corrected chi connectivity index (χ2v) is 7.21. The summed E-state index contributed by atoms with van der Waals surface area (Å²) in [5.74, 6) is 1.89. The van der Waals surface area contributed by atoms with E-state index in [-0.39, 0.29) is 0 Å². The molecule has 0 saturated carbocycles. The molecule has 0 aliphatic rings. The van der Waals surface area contributed by atoms with Gasteiger partial charge in [0.2, 0.25) is 0 Å². The molecule has 0 heterocycles. The topological polar surface area (TPSA) is 40.0 Å². The molecular weight excluding hydrogens is 421 g/mol. The summed E-state index contributed by atoms with van der Waals surface area (Å²) < 4.78 is 17.1. The molecule has 0 saturated heterocycles. The highest BCUT2D eigenvalue weighted by molar-refractivity contribution is 6.32. The Bertz CT molecular complexity index is 1000. The summed E-state index contributed by atoms with van der Waals surface area (Å²) in [6.45, 7) is 5.32. The van der Waals surface area contributed by atoms with Crippen molar-refractivity contribution in [1.29, 1.82) is 0 Å². The Balaban J connectivity index is 1.77. The fourth-order valence-electron chi connectivity index (χ4n) is 2.79. The van der Waals surface area contributed by atoms with Crippen molar-refractivity contribution in [2.45, 2.75) is 20.5 Å². The van der Waals surface area contributed by atoms with Gasteiger partial charge in [0.1, 0.15) is 12.4 Å². The standard InChI is InChI=1S/C24H23Cl2NO3/c1-3-28-21-10-8-20(9-11-21)27-15-18-13-22(26)24(23(14-18)29-4-2)30-16-17-6-5-7-19(25)12-17/h5-15H,3-4,16H2,1-2H3. The van der Waals surface area contributed by atoms with Crippen molar-refractivity contribution in [3.63, 3.8) is 0 Å². The van der Waals surface area contributed by atoms with E-state index in [0.717, 1.165) is 22.6 Å². The van der Waals surface area contributed by atoms with E-state index in [4.69, 9.17) is 37.4 Å². The van der Waals surface area contributed by atoms with Crippen LogP contribution in [0.4, 0.5) is 5.69 Å². The zero-order chi connectivity index (χ0) is 21.3. The van der Waals surface area contributed by atoms with E-state index in [1.54, 1.807) is 12.3 Å². The maximum atomic E-state index is 6.50. The van der Waals surface area contributed by atoms with Crippen molar-refractivity contribution in [2.75, 3.05) is 13.2 Å². The molecular formula is C24H23Cl2NO3. The van der Waals surface area contributed by atoms with Crippen molar-refractivity contribution in [2.24, 2.45) is 4.99 Å². The fourth-order valence-corrected chi connectivity index (χ4v) is 3.28. The van der Waals surface area contributed by atoms with Gasteiger partial charge in [-0.05, 0) is 73.5 Å². The molecule has 0 bridgehead atoms. The quantitative estimate of drug-likeness (QED) is 0.330. The predicted octanol–water partition coefficient (Wildman–Crippen LogP) is 7.12. The number of ether oxygens (including phenoxy) is 3.